The molecule has 0 spiro atoms. The standard InChI is InChI=1S/C20H24N2O3.CH2O2/c1-20(2,3)25-19(23)21-16-9-10-18-17(13-16)22(11-12-24-18)14-15-7-5-4-6-8-15;2-1-3/h4-10,13H,11-12,14H2,1-3H3,(H,21,23);1H,(H,2,3). The summed E-state index contributed by atoms with van der Waals surface area (Å²) >= 11 is 0. The van der Waals surface area contributed by atoms with Crippen LogP contribution >= 0.6 is 0 Å². The maximum atomic E-state index is 12.0. The van der Waals surface area contributed by atoms with Crippen LogP contribution in [0.4, 0.5) is 16.2 Å². The molecule has 1 heterocycles. The number of carboxylic acid groups (broad SMARTS) is 1. The van der Waals surface area contributed by atoms with Crippen molar-refractivity contribution < 1.29 is 24.2 Å². The summed E-state index contributed by atoms with van der Waals surface area (Å²) in [4.78, 5) is 22.6. The van der Waals surface area contributed by atoms with Gasteiger partial charge < -0.3 is 19.5 Å². The van der Waals surface area contributed by atoms with Crippen LogP contribution in [-0.2, 0) is 16.1 Å². The minimum atomic E-state index is -0.527. The molecule has 2 aromatic carbocycles. The van der Waals surface area contributed by atoms with Crippen LogP contribution in [0.25, 0.3) is 0 Å². The van der Waals surface area contributed by atoms with Crippen molar-refractivity contribution in [2.45, 2.75) is 32.9 Å². The third-order valence-corrected chi connectivity index (χ3v) is 3.78. The number of amides is 1. The largest absolute Gasteiger partial charge is 0.490 e. The zero-order valence-corrected chi connectivity index (χ0v) is 16.3. The van der Waals surface area contributed by atoms with Gasteiger partial charge in [-0.3, -0.25) is 10.1 Å². The van der Waals surface area contributed by atoms with Crippen molar-refractivity contribution in [1.29, 1.82) is 0 Å². The smallest absolute Gasteiger partial charge is 0.412 e. The summed E-state index contributed by atoms with van der Waals surface area (Å²) in [6.07, 6.45) is -0.459. The second-order valence-electron chi connectivity index (χ2n) is 7.17. The molecule has 0 bridgehead atoms. The highest BCUT2D eigenvalue weighted by Crippen LogP contribution is 2.35. The molecule has 1 amide bonds. The van der Waals surface area contributed by atoms with Crippen LogP contribution in [0.1, 0.15) is 26.3 Å². The van der Waals surface area contributed by atoms with Crippen molar-refractivity contribution in [2.75, 3.05) is 23.4 Å². The number of nitrogens with zero attached hydrogens (tertiary/aromatic N) is 1. The monoisotopic (exact) mass is 386 g/mol. The lowest BCUT2D eigenvalue weighted by Crippen LogP contribution is -2.32. The van der Waals surface area contributed by atoms with E-state index < -0.39 is 11.7 Å². The molecule has 150 valence electrons. The highest BCUT2D eigenvalue weighted by molar-refractivity contribution is 5.86. The highest BCUT2D eigenvalue weighted by atomic mass is 16.6. The van der Waals surface area contributed by atoms with Gasteiger partial charge in [-0.15, -0.1) is 0 Å². The quantitative estimate of drug-likeness (QED) is 0.771. The Morgan fingerprint density at radius 2 is 1.93 bits per heavy atom. The SMILES string of the molecule is CC(C)(C)OC(=O)Nc1ccc2c(c1)N(Cc1ccccc1)CCO2.O=CO. The number of hydrogen-bond acceptors (Lipinski definition) is 5. The van der Waals surface area contributed by atoms with E-state index in [1.807, 2.05) is 57.2 Å². The Labute approximate surface area is 164 Å². The second kappa shape index (κ2) is 9.64. The van der Waals surface area contributed by atoms with Crippen LogP contribution in [0.3, 0.4) is 0 Å². The van der Waals surface area contributed by atoms with E-state index >= 15 is 0 Å². The lowest BCUT2D eigenvalue weighted by molar-refractivity contribution is -0.122. The molecule has 7 nitrogen and oxygen atoms in total. The number of ether oxygens (including phenoxy) is 2. The van der Waals surface area contributed by atoms with Gasteiger partial charge in [-0.1, -0.05) is 30.3 Å². The van der Waals surface area contributed by atoms with E-state index in [-0.39, 0.29) is 6.47 Å². The summed E-state index contributed by atoms with van der Waals surface area (Å²) in [5, 5.41) is 9.68. The summed E-state index contributed by atoms with van der Waals surface area (Å²) in [6.45, 7) is 7.53. The fourth-order valence-electron chi connectivity index (χ4n) is 2.74. The molecule has 0 saturated heterocycles. The van der Waals surface area contributed by atoms with Crippen LogP contribution in [0.5, 0.6) is 5.75 Å². The van der Waals surface area contributed by atoms with Gasteiger partial charge >= 0.3 is 6.09 Å². The van der Waals surface area contributed by atoms with Crippen molar-refractivity contribution in [3.63, 3.8) is 0 Å². The van der Waals surface area contributed by atoms with Crippen molar-refractivity contribution in [1.82, 2.24) is 0 Å². The molecule has 2 aromatic rings. The van der Waals surface area contributed by atoms with Crippen molar-refractivity contribution in [2.24, 2.45) is 0 Å². The van der Waals surface area contributed by atoms with Gasteiger partial charge in [0.25, 0.3) is 6.47 Å². The summed E-state index contributed by atoms with van der Waals surface area (Å²) in [5.41, 5.74) is 2.38. The fraction of sp³-hybridized carbons (Fsp3) is 0.333. The van der Waals surface area contributed by atoms with Crippen LogP contribution < -0.4 is 15.0 Å². The van der Waals surface area contributed by atoms with Gasteiger partial charge in [0, 0.05) is 12.2 Å². The van der Waals surface area contributed by atoms with Crippen LogP contribution in [0.2, 0.25) is 0 Å². The van der Waals surface area contributed by atoms with Crippen LogP contribution in [-0.4, -0.2) is 36.4 Å². The average Bonchev–Trinajstić information content (AvgIpc) is 2.62. The third-order valence-electron chi connectivity index (χ3n) is 3.78. The topological polar surface area (TPSA) is 88.1 Å². The highest BCUT2D eigenvalue weighted by Gasteiger charge is 2.20. The first kappa shape index (κ1) is 21.1. The summed E-state index contributed by atoms with van der Waals surface area (Å²) in [5.74, 6) is 0.830. The molecule has 0 aliphatic carbocycles. The van der Waals surface area contributed by atoms with Gasteiger partial charge in [0.2, 0.25) is 0 Å². The van der Waals surface area contributed by atoms with E-state index in [4.69, 9.17) is 19.4 Å². The first-order chi connectivity index (χ1) is 13.3. The second-order valence-corrected chi connectivity index (χ2v) is 7.17. The first-order valence-electron chi connectivity index (χ1n) is 8.96. The Morgan fingerprint density at radius 1 is 1.25 bits per heavy atom. The number of carbonyl (C=O) groups excluding carboxylic acids is 1. The molecule has 0 fully saturated rings. The lowest BCUT2D eigenvalue weighted by Gasteiger charge is -2.31. The minimum absolute atomic E-state index is 0.250. The maximum absolute atomic E-state index is 12.0. The summed E-state index contributed by atoms with van der Waals surface area (Å²) in [7, 11) is 0. The molecule has 28 heavy (non-hydrogen) atoms. The third kappa shape index (κ3) is 6.50. The molecular formula is C21H26N2O5. The van der Waals surface area contributed by atoms with Crippen molar-refractivity contribution in [3.05, 3.63) is 54.1 Å². The number of rotatable bonds is 3. The predicted octanol–water partition coefficient (Wildman–Crippen LogP) is 4.13. The van der Waals surface area contributed by atoms with E-state index in [0.717, 1.165) is 24.5 Å². The Morgan fingerprint density at radius 3 is 2.57 bits per heavy atom. The summed E-state index contributed by atoms with van der Waals surface area (Å²) < 4.78 is 11.1. The van der Waals surface area contributed by atoms with E-state index in [9.17, 15) is 4.79 Å². The zero-order valence-electron chi connectivity index (χ0n) is 16.3. The number of carbonyl (C=O) groups is 2. The minimum Gasteiger partial charge on any atom is -0.490 e. The Kier molecular flexibility index (Phi) is 7.26. The van der Waals surface area contributed by atoms with E-state index in [1.165, 1.54) is 5.56 Å². The van der Waals surface area contributed by atoms with Crippen molar-refractivity contribution in [3.8, 4) is 5.75 Å². The molecule has 1 aliphatic heterocycles. The van der Waals surface area contributed by atoms with Crippen LogP contribution in [0.15, 0.2) is 48.5 Å². The molecular weight excluding hydrogens is 360 g/mol. The zero-order chi connectivity index (χ0) is 20.6. The predicted molar refractivity (Wildman–Crippen MR) is 108 cm³/mol. The van der Waals surface area contributed by atoms with Gasteiger partial charge in [0.05, 0.1) is 12.2 Å². The van der Waals surface area contributed by atoms with Gasteiger partial charge in [0.1, 0.15) is 18.0 Å². The number of fused-ring (bicyclic) bond motifs is 1. The molecule has 0 unspecified atom stereocenters. The molecule has 1 aliphatic rings. The molecule has 3 rings (SSSR count). The molecule has 0 atom stereocenters. The molecule has 0 saturated carbocycles. The maximum Gasteiger partial charge on any atom is 0.412 e. The van der Waals surface area contributed by atoms with Gasteiger partial charge in [-0.2, -0.15) is 0 Å². The molecule has 0 radical (unpaired) electrons. The van der Waals surface area contributed by atoms with E-state index in [1.54, 1.807) is 0 Å². The molecule has 0 aromatic heterocycles. The van der Waals surface area contributed by atoms with E-state index in [0.29, 0.717) is 12.3 Å². The molecule has 2 N–H and O–H groups in total. The summed E-state index contributed by atoms with van der Waals surface area (Å²) in [6, 6.07) is 16.0. The van der Waals surface area contributed by atoms with Gasteiger partial charge in [-0.25, -0.2) is 4.79 Å². The Balaban J connectivity index is 0.000000878. The molecule has 7 heteroatoms. The number of hydrogen-bond donors (Lipinski definition) is 2. The first-order valence-corrected chi connectivity index (χ1v) is 8.96. The van der Waals surface area contributed by atoms with Gasteiger partial charge in [0.15, 0.2) is 0 Å². The van der Waals surface area contributed by atoms with Crippen LogP contribution in [0, 0.1) is 0 Å². The Hall–Kier alpha value is -3.22. The number of benzene rings is 2. The number of anilines is 2. The Bertz CT molecular complexity index is 787. The average molecular weight is 386 g/mol. The van der Waals surface area contributed by atoms with E-state index in [2.05, 4.69) is 22.3 Å². The number of nitrogens with one attached hydrogen (secondary N) is 1. The fourth-order valence-corrected chi connectivity index (χ4v) is 2.74. The van der Waals surface area contributed by atoms with Gasteiger partial charge in [-0.05, 0) is 44.5 Å². The normalized spacial score (nSPS) is 12.6. The lowest BCUT2D eigenvalue weighted by atomic mass is 10.1. The van der Waals surface area contributed by atoms with Crippen molar-refractivity contribution >= 4 is 23.9 Å².